The molecule has 5 heteroatoms. The highest BCUT2D eigenvalue weighted by atomic mass is 16.5. The van der Waals surface area contributed by atoms with Crippen LogP contribution in [0.3, 0.4) is 0 Å². The Balaban J connectivity index is 1.56. The van der Waals surface area contributed by atoms with Crippen molar-refractivity contribution in [3.8, 4) is 0 Å². The molecule has 4 rings (SSSR count). The maximum Gasteiger partial charge on any atom is 0.223 e. The van der Waals surface area contributed by atoms with Crippen molar-refractivity contribution in [1.82, 2.24) is 15.0 Å². The highest BCUT2D eigenvalue weighted by molar-refractivity contribution is 5.20. The third kappa shape index (κ3) is 2.58. The number of aryl methyl sites for hydroxylation is 1. The van der Waals surface area contributed by atoms with Gasteiger partial charge < -0.3 is 9.63 Å². The number of nitrogens with zero attached hydrogens (tertiary/aromatic N) is 3. The summed E-state index contributed by atoms with van der Waals surface area (Å²) in [4.78, 5) is 6.84. The van der Waals surface area contributed by atoms with Crippen LogP contribution in [0.5, 0.6) is 0 Å². The zero-order valence-corrected chi connectivity index (χ0v) is 13.5. The molecule has 0 spiro atoms. The van der Waals surface area contributed by atoms with Crippen LogP contribution in [0.1, 0.15) is 36.5 Å². The Morgan fingerprint density at radius 2 is 2.13 bits per heavy atom. The maximum atomic E-state index is 10.2. The van der Waals surface area contributed by atoms with E-state index in [4.69, 9.17) is 4.52 Å². The highest BCUT2D eigenvalue weighted by Crippen LogP contribution is 2.51. The van der Waals surface area contributed by atoms with Gasteiger partial charge >= 0.3 is 0 Å². The lowest BCUT2D eigenvalue weighted by atomic mass is 9.70. The second-order valence-electron chi connectivity index (χ2n) is 7.04. The van der Waals surface area contributed by atoms with Crippen molar-refractivity contribution in [1.29, 1.82) is 0 Å². The number of aromatic nitrogens is 2. The van der Waals surface area contributed by atoms with Crippen LogP contribution in [0, 0.1) is 12.3 Å². The van der Waals surface area contributed by atoms with Gasteiger partial charge in [0.25, 0.3) is 0 Å². The lowest BCUT2D eigenvalue weighted by molar-refractivity contribution is 0.0743. The molecule has 0 aliphatic carbocycles. The lowest BCUT2D eigenvalue weighted by Gasteiger charge is -2.36. The van der Waals surface area contributed by atoms with E-state index in [-0.39, 0.29) is 12.0 Å². The van der Waals surface area contributed by atoms with Crippen LogP contribution in [-0.4, -0.2) is 38.8 Å². The molecule has 3 heterocycles. The fraction of sp³-hybridized carbons (Fsp3) is 0.556. The number of rotatable bonds is 5. The lowest BCUT2D eigenvalue weighted by Crippen LogP contribution is -2.41. The van der Waals surface area contributed by atoms with Gasteiger partial charge in [-0.2, -0.15) is 4.98 Å². The summed E-state index contributed by atoms with van der Waals surface area (Å²) in [6, 6.07) is 11.4. The molecule has 2 aromatic rings. The van der Waals surface area contributed by atoms with Gasteiger partial charge in [-0.1, -0.05) is 35.5 Å². The normalized spacial score (nSPS) is 30.2. The maximum absolute atomic E-state index is 10.2. The number of fused-ring (bicyclic) bond motifs is 2. The summed E-state index contributed by atoms with van der Waals surface area (Å²) in [6.45, 7) is 2.79. The molecule has 2 aliphatic heterocycles. The SMILES string of the molecule is Cc1nc(CN2[C@@H]3CC[C@H]2[C@](CO)(Cc2ccccc2)C3)no1. The van der Waals surface area contributed by atoms with Crippen molar-refractivity contribution in [2.75, 3.05) is 6.61 Å². The van der Waals surface area contributed by atoms with Crippen LogP contribution in [0.15, 0.2) is 34.9 Å². The molecule has 122 valence electrons. The van der Waals surface area contributed by atoms with Gasteiger partial charge in [0.05, 0.1) is 13.2 Å². The largest absolute Gasteiger partial charge is 0.396 e. The van der Waals surface area contributed by atoms with E-state index in [1.807, 2.05) is 13.0 Å². The van der Waals surface area contributed by atoms with Crippen LogP contribution in [0.2, 0.25) is 0 Å². The number of aliphatic hydroxyl groups excluding tert-OH is 1. The average Bonchev–Trinajstić information content (AvgIpc) is 3.23. The summed E-state index contributed by atoms with van der Waals surface area (Å²) in [5, 5.41) is 14.3. The third-order valence-electron chi connectivity index (χ3n) is 5.60. The van der Waals surface area contributed by atoms with E-state index in [2.05, 4.69) is 39.3 Å². The minimum absolute atomic E-state index is 0.0386. The van der Waals surface area contributed by atoms with Crippen molar-refractivity contribution in [3.05, 3.63) is 47.6 Å². The van der Waals surface area contributed by atoms with Crippen LogP contribution in [0.4, 0.5) is 0 Å². The van der Waals surface area contributed by atoms with Gasteiger partial charge in [-0.15, -0.1) is 0 Å². The summed E-state index contributed by atoms with van der Waals surface area (Å²) >= 11 is 0. The third-order valence-corrected chi connectivity index (χ3v) is 5.60. The van der Waals surface area contributed by atoms with Crippen molar-refractivity contribution in [2.24, 2.45) is 5.41 Å². The molecule has 2 bridgehead atoms. The first kappa shape index (κ1) is 14.8. The second-order valence-corrected chi connectivity index (χ2v) is 7.04. The molecular formula is C18H23N3O2. The first-order chi connectivity index (χ1) is 11.2. The Hall–Kier alpha value is -1.72. The van der Waals surface area contributed by atoms with Crippen LogP contribution >= 0.6 is 0 Å². The number of aliphatic hydroxyl groups is 1. The van der Waals surface area contributed by atoms with E-state index in [1.165, 1.54) is 12.0 Å². The van der Waals surface area contributed by atoms with E-state index < -0.39 is 0 Å². The minimum atomic E-state index is -0.0386. The summed E-state index contributed by atoms with van der Waals surface area (Å²) in [5.41, 5.74) is 1.27. The molecule has 0 amide bonds. The van der Waals surface area contributed by atoms with Gasteiger partial charge in [-0.3, -0.25) is 4.90 Å². The molecule has 23 heavy (non-hydrogen) atoms. The summed E-state index contributed by atoms with van der Waals surface area (Å²) < 4.78 is 5.10. The van der Waals surface area contributed by atoms with Gasteiger partial charge in [0.15, 0.2) is 5.82 Å². The molecule has 0 unspecified atom stereocenters. The Bertz CT molecular complexity index is 672. The zero-order valence-electron chi connectivity index (χ0n) is 13.5. The predicted molar refractivity (Wildman–Crippen MR) is 85.7 cm³/mol. The van der Waals surface area contributed by atoms with Gasteiger partial charge in [-0.25, -0.2) is 0 Å². The number of hydrogen-bond donors (Lipinski definition) is 1. The van der Waals surface area contributed by atoms with Crippen molar-refractivity contribution >= 4 is 0 Å². The first-order valence-electron chi connectivity index (χ1n) is 8.40. The van der Waals surface area contributed by atoms with E-state index in [0.717, 1.165) is 31.6 Å². The molecule has 3 atom stereocenters. The topological polar surface area (TPSA) is 62.4 Å². The Morgan fingerprint density at radius 1 is 1.30 bits per heavy atom. The monoisotopic (exact) mass is 313 g/mol. The smallest absolute Gasteiger partial charge is 0.223 e. The standard InChI is InChI=1S/C18H23N3O2/c1-13-19-17(20-23-13)11-21-15-7-8-16(21)18(10-15,12-22)9-14-5-3-2-4-6-14/h2-6,15-16,22H,7-12H2,1H3/t15-,16+,18-/m1/s1. The number of hydrogen-bond acceptors (Lipinski definition) is 5. The first-order valence-corrected chi connectivity index (χ1v) is 8.40. The molecule has 1 aromatic heterocycles. The zero-order chi connectivity index (χ0) is 15.9. The fourth-order valence-corrected chi connectivity index (χ4v) is 4.65. The molecule has 5 nitrogen and oxygen atoms in total. The average molecular weight is 313 g/mol. The Kier molecular flexibility index (Phi) is 3.70. The van der Waals surface area contributed by atoms with Gasteiger partial charge in [-0.05, 0) is 31.2 Å². The second kappa shape index (κ2) is 5.73. The molecule has 2 aliphatic rings. The van der Waals surface area contributed by atoms with E-state index in [1.54, 1.807) is 0 Å². The van der Waals surface area contributed by atoms with Crippen LogP contribution < -0.4 is 0 Å². The molecule has 0 saturated carbocycles. The van der Waals surface area contributed by atoms with Crippen molar-refractivity contribution in [3.63, 3.8) is 0 Å². The van der Waals surface area contributed by atoms with Gasteiger partial charge in [0, 0.05) is 24.4 Å². The van der Waals surface area contributed by atoms with Crippen molar-refractivity contribution < 1.29 is 9.63 Å². The van der Waals surface area contributed by atoms with Crippen molar-refractivity contribution in [2.45, 2.75) is 51.2 Å². The highest BCUT2D eigenvalue weighted by Gasteiger charge is 2.55. The number of benzene rings is 1. The Labute approximate surface area is 136 Å². The van der Waals surface area contributed by atoms with E-state index >= 15 is 0 Å². The van der Waals surface area contributed by atoms with E-state index in [9.17, 15) is 5.11 Å². The van der Waals surface area contributed by atoms with Crippen LogP contribution in [-0.2, 0) is 13.0 Å². The molecule has 1 N–H and O–H groups in total. The summed E-state index contributed by atoms with van der Waals surface area (Å²) in [6.07, 6.45) is 4.35. The molecule has 2 fully saturated rings. The molecule has 0 radical (unpaired) electrons. The van der Waals surface area contributed by atoms with Gasteiger partial charge in [0.2, 0.25) is 5.89 Å². The molecule has 1 aromatic carbocycles. The summed E-state index contributed by atoms with van der Waals surface area (Å²) in [5.74, 6) is 1.37. The van der Waals surface area contributed by atoms with Crippen LogP contribution in [0.25, 0.3) is 0 Å². The minimum Gasteiger partial charge on any atom is -0.396 e. The molecular weight excluding hydrogens is 290 g/mol. The molecule has 2 saturated heterocycles. The van der Waals surface area contributed by atoms with E-state index in [0.29, 0.717) is 18.0 Å². The fourth-order valence-electron chi connectivity index (χ4n) is 4.65. The van der Waals surface area contributed by atoms with Gasteiger partial charge in [0.1, 0.15) is 0 Å². The predicted octanol–water partition coefficient (Wildman–Crippen LogP) is 2.34. The summed E-state index contributed by atoms with van der Waals surface area (Å²) in [7, 11) is 0. The quantitative estimate of drug-likeness (QED) is 0.918. The Morgan fingerprint density at radius 3 is 2.83 bits per heavy atom.